The molecular weight excluding hydrogens is 302 g/mol. The minimum absolute atomic E-state index is 0.314. The van der Waals surface area contributed by atoms with Gasteiger partial charge in [0.2, 0.25) is 5.60 Å². The van der Waals surface area contributed by atoms with Gasteiger partial charge in [-0.2, -0.15) is 0 Å². The van der Waals surface area contributed by atoms with Crippen molar-refractivity contribution in [3.8, 4) is 5.75 Å². The SMILES string of the molecule is CCCCC(Cc1cccnc1)(Oc1ccccc1)C(=O)OCC. The quantitative estimate of drug-likeness (QED) is 0.648. The maximum absolute atomic E-state index is 12.8. The molecule has 0 radical (unpaired) electrons. The number of aromatic nitrogens is 1. The van der Waals surface area contributed by atoms with Gasteiger partial charge < -0.3 is 9.47 Å². The first-order valence-corrected chi connectivity index (χ1v) is 8.50. The van der Waals surface area contributed by atoms with E-state index in [9.17, 15) is 4.79 Å². The number of ether oxygens (including phenoxy) is 2. The zero-order valence-electron chi connectivity index (χ0n) is 14.4. The van der Waals surface area contributed by atoms with Crippen LogP contribution in [-0.4, -0.2) is 23.2 Å². The molecule has 1 heterocycles. The molecule has 4 nitrogen and oxygen atoms in total. The Kier molecular flexibility index (Phi) is 6.79. The molecule has 1 unspecified atom stereocenters. The van der Waals surface area contributed by atoms with Crippen LogP contribution in [0.4, 0.5) is 0 Å². The second kappa shape index (κ2) is 9.06. The molecule has 0 fully saturated rings. The van der Waals surface area contributed by atoms with Crippen molar-refractivity contribution in [2.45, 2.75) is 45.1 Å². The smallest absolute Gasteiger partial charge is 0.350 e. The van der Waals surface area contributed by atoms with E-state index in [4.69, 9.17) is 9.47 Å². The van der Waals surface area contributed by atoms with Crippen molar-refractivity contribution in [1.82, 2.24) is 4.98 Å². The van der Waals surface area contributed by atoms with Crippen molar-refractivity contribution >= 4 is 5.97 Å². The van der Waals surface area contributed by atoms with Crippen LogP contribution < -0.4 is 4.74 Å². The van der Waals surface area contributed by atoms with Gasteiger partial charge in [-0.25, -0.2) is 4.79 Å². The number of carbonyl (C=O) groups excluding carboxylic acids is 1. The molecule has 2 rings (SSSR count). The second-order valence-corrected chi connectivity index (χ2v) is 5.77. The number of benzene rings is 1. The van der Waals surface area contributed by atoms with Gasteiger partial charge in [-0.15, -0.1) is 0 Å². The van der Waals surface area contributed by atoms with Gasteiger partial charge in [0.15, 0.2) is 0 Å². The van der Waals surface area contributed by atoms with Crippen LogP contribution in [0.5, 0.6) is 5.75 Å². The summed E-state index contributed by atoms with van der Waals surface area (Å²) in [5.74, 6) is 0.358. The van der Waals surface area contributed by atoms with Crippen molar-refractivity contribution in [3.05, 3.63) is 60.4 Å². The van der Waals surface area contributed by atoms with Crippen LogP contribution in [0.3, 0.4) is 0 Å². The van der Waals surface area contributed by atoms with E-state index in [1.807, 2.05) is 49.4 Å². The lowest BCUT2D eigenvalue weighted by molar-refractivity contribution is -0.162. The third-order valence-electron chi connectivity index (χ3n) is 3.85. The van der Waals surface area contributed by atoms with Gasteiger partial charge >= 0.3 is 5.97 Å². The Morgan fingerprint density at radius 3 is 2.54 bits per heavy atom. The molecule has 2 aromatic rings. The number of para-hydroxylation sites is 1. The van der Waals surface area contributed by atoms with Crippen molar-refractivity contribution in [1.29, 1.82) is 0 Å². The van der Waals surface area contributed by atoms with Crippen LogP contribution in [0.15, 0.2) is 54.9 Å². The highest BCUT2D eigenvalue weighted by Crippen LogP contribution is 2.29. The van der Waals surface area contributed by atoms with E-state index in [1.165, 1.54) is 0 Å². The molecule has 0 N–H and O–H groups in total. The zero-order valence-corrected chi connectivity index (χ0v) is 14.4. The third-order valence-corrected chi connectivity index (χ3v) is 3.85. The Balaban J connectivity index is 2.35. The molecule has 1 aromatic heterocycles. The summed E-state index contributed by atoms with van der Waals surface area (Å²) in [4.78, 5) is 17.0. The second-order valence-electron chi connectivity index (χ2n) is 5.77. The number of carbonyl (C=O) groups is 1. The van der Waals surface area contributed by atoms with Gasteiger partial charge in [0.1, 0.15) is 5.75 Å². The summed E-state index contributed by atoms with van der Waals surface area (Å²) < 4.78 is 11.6. The molecule has 0 aliphatic rings. The summed E-state index contributed by atoms with van der Waals surface area (Å²) >= 11 is 0. The fourth-order valence-electron chi connectivity index (χ4n) is 2.66. The number of nitrogens with zero attached hydrogens (tertiary/aromatic N) is 1. The fourth-order valence-corrected chi connectivity index (χ4v) is 2.66. The summed E-state index contributed by atoms with van der Waals surface area (Å²) in [5, 5.41) is 0. The summed E-state index contributed by atoms with van der Waals surface area (Å²) in [6, 6.07) is 13.3. The molecule has 24 heavy (non-hydrogen) atoms. The van der Waals surface area contributed by atoms with Crippen LogP contribution in [0.1, 0.15) is 38.7 Å². The zero-order chi connectivity index (χ0) is 17.3. The van der Waals surface area contributed by atoms with Crippen molar-refractivity contribution in [3.63, 3.8) is 0 Å². The molecule has 0 amide bonds. The Morgan fingerprint density at radius 1 is 1.12 bits per heavy atom. The molecule has 0 saturated carbocycles. The van der Waals surface area contributed by atoms with Crippen LogP contribution in [0.25, 0.3) is 0 Å². The molecule has 0 aliphatic heterocycles. The van der Waals surface area contributed by atoms with Crippen molar-refractivity contribution < 1.29 is 14.3 Å². The van der Waals surface area contributed by atoms with Crippen LogP contribution >= 0.6 is 0 Å². The average molecular weight is 327 g/mol. The van der Waals surface area contributed by atoms with Gasteiger partial charge in [-0.1, -0.05) is 37.6 Å². The van der Waals surface area contributed by atoms with Gasteiger partial charge in [0.05, 0.1) is 6.61 Å². The first kappa shape index (κ1) is 18.0. The summed E-state index contributed by atoms with van der Waals surface area (Å²) in [6.45, 7) is 4.25. The van der Waals surface area contributed by atoms with Crippen molar-refractivity contribution in [2.75, 3.05) is 6.61 Å². The van der Waals surface area contributed by atoms with E-state index in [1.54, 1.807) is 12.4 Å². The molecule has 0 aliphatic carbocycles. The number of rotatable bonds is 9. The minimum Gasteiger partial charge on any atom is -0.475 e. The summed E-state index contributed by atoms with van der Waals surface area (Å²) in [6.07, 6.45) is 6.40. The average Bonchev–Trinajstić information content (AvgIpc) is 2.61. The maximum atomic E-state index is 12.8. The van der Waals surface area contributed by atoms with E-state index >= 15 is 0 Å². The molecular formula is C20H25NO3. The third kappa shape index (κ3) is 4.82. The topological polar surface area (TPSA) is 48.4 Å². The molecule has 4 heteroatoms. The first-order valence-electron chi connectivity index (χ1n) is 8.50. The van der Waals surface area contributed by atoms with Gasteiger partial charge in [0.25, 0.3) is 0 Å². The highest BCUT2D eigenvalue weighted by molar-refractivity contribution is 5.80. The maximum Gasteiger partial charge on any atom is 0.350 e. The monoisotopic (exact) mass is 327 g/mol. The van der Waals surface area contributed by atoms with E-state index in [0.29, 0.717) is 25.2 Å². The number of unbranched alkanes of at least 4 members (excludes halogenated alkanes) is 1. The highest BCUT2D eigenvalue weighted by Gasteiger charge is 2.42. The predicted molar refractivity (Wildman–Crippen MR) is 93.9 cm³/mol. The largest absolute Gasteiger partial charge is 0.475 e. The van der Waals surface area contributed by atoms with Gasteiger partial charge in [-0.3, -0.25) is 4.98 Å². The first-order chi connectivity index (χ1) is 11.7. The number of hydrogen-bond acceptors (Lipinski definition) is 4. The normalized spacial score (nSPS) is 13.1. The van der Waals surface area contributed by atoms with Crippen LogP contribution in [0, 0.1) is 0 Å². The Bertz CT molecular complexity index is 572. The lowest BCUT2D eigenvalue weighted by Gasteiger charge is -2.32. The van der Waals surface area contributed by atoms with E-state index in [-0.39, 0.29) is 5.97 Å². The van der Waals surface area contributed by atoms with Crippen LogP contribution in [-0.2, 0) is 16.0 Å². The van der Waals surface area contributed by atoms with E-state index in [2.05, 4.69) is 11.9 Å². The van der Waals surface area contributed by atoms with Crippen LogP contribution in [0.2, 0.25) is 0 Å². The lowest BCUT2D eigenvalue weighted by Crippen LogP contribution is -2.48. The Labute approximate surface area is 143 Å². The number of esters is 1. The molecule has 1 atom stereocenters. The molecule has 0 bridgehead atoms. The number of pyridine rings is 1. The summed E-state index contributed by atoms with van der Waals surface area (Å²) in [7, 11) is 0. The fraction of sp³-hybridized carbons (Fsp3) is 0.400. The minimum atomic E-state index is -1.03. The molecule has 0 spiro atoms. The molecule has 1 aromatic carbocycles. The lowest BCUT2D eigenvalue weighted by atomic mass is 9.89. The van der Waals surface area contributed by atoms with Gasteiger partial charge in [-0.05, 0) is 43.5 Å². The van der Waals surface area contributed by atoms with E-state index < -0.39 is 5.60 Å². The predicted octanol–water partition coefficient (Wildman–Crippen LogP) is 4.20. The van der Waals surface area contributed by atoms with Gasteiger partial charge in [0, 0.05) is 18.8 Å². The number of hydrogen-bond donors (Lipinski definition) is 0. The molecule has 128 valence electrons. The highest BCUT2D eigenvalue weighted by atomic mass is 16.6. The standard InChI is InChI=1S/C20H25NO3/c1-3-5-13-20(19(22)23-4-2,15-17-10-9-14-21-16-17)24-18-11-7-6-8-12-18/h6-12,14,16H,3-5,13,15H2,1-2H3. The Hall–Kier alpha value is -2.36. The molecule has 0 saturated heterocycles. The van der Waals surface area contributed by atoms with Crippen molar-refractivity contribution in [2.24, 2.45) is 0 Å². The van der Waals surface area contributed by atoms with E-state index in [0.717, 1.165) is 18.4 Å². The summed E-state index contributed by atoms with van der Waals surface area (Å²) in [5.41, 5.74) is -0.0752. The Morgan fingerprint density at radius 2 is 1.92 bits per heavy atom.